The molecule has 0 N–H and O–H groups in total. The number of rotatable bonds is 4. The summed E-state index contributed by atoms with van der Waals surface area (Å²) >= 11 is 0. The Morgan fingerprint density at radius 2 is 0.806 bits per heavy atom. The number of benzene rings is 9. The number of para-hydroxylation sites is 5. The summed E-state index contributed by atoms with van der Waals surface area (Å²) in [7, 11) is 0. The van der Waals surface area contributed by atoms with Gasteiger partial charge in [-0.05, 0) is 47.9 Å². The highest BCUT2D eigenvalue weighted by molar-refractivity contribution is 6.22. The van der Waals surface area contributed by atoms with Gasteiger partial charge in [0.25, 0.3) is 0 Å². The third-order valence-corrected chi connectivity index (χ3v) is 12.5. The van der Waals surface area contributed by atoms with E-state index in [9.17, 15) is 0 Å². The second kappa shape index (κ2) is 12.5. The molecule has 0 spiro atoms. The molecule has 0 aliphatic rings. The fourth-order valence-electron chi connectivity index (χ4n) is 9.66. The largest absolute Gasteiger partial charge is 0.456 e. The van der Waals surface area contributed by atoms with E-state index in [1.165, 1.54) is 0 Å². The van der Waals surface area contributed by atoms with Crippen molar-refractivity contribution in [3.63, 3.8) is 0 Å². The summed E-state index contributed by atoms with van der Waals surface area (Å²) in [4.78, 5) is 16.1. The van der Waals surface area contributed by atoms with Crippen LogP contribution in [0.1, 0.15) is 0 Å². The molecule has 14 rings (SSSR count). The summed E-state index contributed by atoms with van der Waals surface area (Å²) in [5, 5.41) is 10.7. The number of nitrogens with zero attached hydrogens (tertiary/aromatic N) is 4. The predicted molar refractivity (Wildman–Crippen MR) is 250 cm³/mol. The van der Waals surface area contributed by atoms with E-state index >= 15 is 0 Å². The smallest absolute Gasteiger partial charge is 0.238 e. The molecule has 0 aliphatic carbocycles. The first-order valence-electron chi connectivity index (χ1n) is 20.7. The molecule has 9 aromatic carbocycles. The maximum absolute atomic E-state index is 6.68. The van der Waals surface area contributed by atoms with Crippen molar-refractivity contribution >= 4 is 98.4 Å². The minimum Gasteiger partial charge on any atom is -0.456 e. The summed E-state index contributed by atoms with van der Waals surface area (Å²) in [5.41, 5.74) is 10.5. The van der Waals surface area contributed by atoms with Crippen LogP contribution in [0.5, 0.6) is 0 Å². The molecular weight excluding hydrogens is 765 g/mol. The molecule has 7 heteroatoms. The fourth-order valence-corrected chi connectivity index (χ4v) is 9.66. The average molecular weight is 795 g/mol. The maximum atomic E-state index is 6.68. The molecule has 62 heavy (non-hydrogen) atoms. The minimum absolute atomic E-state index is 0.486. The second-order valence-electron chi connectivity index (χ2n) is 15.9. The molecule has 288 valence electrons. The van der Waals surface area contributed by atoms with Crippen LogP contribution in [-0.4, -0.2) is 19.5 Å². The molecule has 14 aromatic rings. The summed E-state index contributed by atoms with van der Waals surface area (Å²) < 4.78 is 21.7. The molecule has 0 unspecified atom stereocenters. The van der Waals surface area contributed by atoms with Gasteiger partial charge in [0.15, 0.2) is 11.6 Å². The molecule has 0 atom stereocenters. The van der Waals surface area contributed by atoms with E-state index in [1.54, 1.807) is 0 Å². The van der Waals surface area contributed by atoms with Crippen LogP contribution in [-0.2, 0) is 0 Å². The number of hydrogen-bond donors (Lipinski definition) is 0. The van der Waals surface area contributed by atoms with Gasteiger partial charge in [0.2, 0.25) is 5.95 Å². The van der Waals surface area contributed by atoms with Crippen molar-refractivity contribution in [3.05, 3.63) is 182 Å². The Labute approximate surface area is 351 Å². The molecule has 0 saturated carbocycles. The van der Waals surface area contributed by atoms with Crippen molar-refractivity contribution in [2.45, 2.75) is 0 Å². The van der Waals surface area contributed by atoms with Crippen LogP contribution in [0.3, 0.4) is 0 Å². The van der Waals surface area contributed by atoms with Gasteiger partial charge in [-0.25, -0.2) is 4.98 Å². The molecule has 0 radical (unpaired) electrons. The van der Waals surface area contributed by atoms with Gasteiger partial charge < -0.3 is 13.3 Å². The highest BCUT2D eigenvalue weighted by Gasteiger charge is 2.24. The standard InChI is InChI=1S/C55H30N4O3/c1-2-12-34-31(11-1)23-28-42-40-16-9-17-41(44-19-10-18-43-37-15-5-8-22-47(37)62-52(43)44)51(40)59(50(34)42)55-57-53(32-24-26-38-35-13-3-6-20-45(35)60-48(38)29-32)56-54(58-55)33-25-27-39-36-14-4-7-21-46(36)61-49(39)30-33/h1-30H. The van der Waals surface area contributed by atoms with E-state index in [0.717, 1.165) is 121 Å². The van der Waals surface area contributed by atoms with Gasteiger partial charge in [-0.15, -0.1) is 0 Å². The topological polar surface area (TPSA) is 83.0 Å². The molecular formula is C55H30N4O3. The van der Waals surface area contributed by atoms with Crippen LogP contribution in [0, 0.1) is 0 Å². The molecule has 0 saturated heterocycles. The van der Waals surface area contributed by atoms with E-state index in [-0.39, 0.29) is 0 Å². The first-order chi connectivity index (χ1) is 30.7. The van der Waals surface area contributed by atoms with E-state index in [4.69, 9.17) is 28.2 Å². The lowest BCUT2D eigenvalue weighted by molar-refractivity contribution is 0.668. The van der Waals surface area contributed by atoms with Gasteiger partial charge in [-0.2, -0.15) is 9.97 Å². The molecule has 0 fully saturated rings. The molecule has 5 aromatic heterocycles. The van der Waals surface area contributed by atoms with Gasteiger partial charge in [-0.1, -0.05) is 140 Å². The Morgan fingerprint density at radius 3 is 1.47 bits per heavy atom. The van der Waals surface area contributed by atoms with E-state index in [0.29, 0.717) is 17.6 Å². The lowest BCUT2D eigenvalue weighted by atomic mass is 9.99. The van der Waals surface area contributed by atoms with Crippen LogP contribution in [0.15, 0.2) is 195 Å². The van der Waals surface area contributed by atoms with Crippen molar-refractivity contribution in [2.24, 2.45) is 0 Å². The average Bonchev–Trinajstić information content (AvgIpc) is 4.10. The first-order valence-corrected chi connectivity index (χ1v) is 20.7. The number of furan rings is 3. The molecule has 0 aliphatic heterocycles. The Hall–Kier alpha value is -8.55. The van der Waals surface area contributed by atoms with Gasteiger partial charge in [-0.3, -0.25) is 4.57 Å². The van der Waals surface area contributed by atoms with Crippen LogP contribution in [0.25, 0.3) is 138 Å². The lowest BCUT2D eigenvalue weighted by Gasteiger charge is -2.14. The van der Waals surface area contributed by atoms with E-state index in [1.807, 2.05) is 60.7 Å². The number of hydrogen-bond acceptors (Lipinski definition) is 6. The third-order valence-electron chi connectivity index (χ3n) is 12.5. The van der Waals surface area contributed by atoms with Crippen LogP contribution < -0.4 is 0 Å². The number of aromatic nitrogens is 4. The van der Waals surface area contributed by atoms with Crippen molar-refractivity contribution in [1.82, 2.24) is 19.5 Å². The lowest BCUT2D eigenvalue weighted by Crippen LogP contribution is -2.07. The molecule has 0 amide bonds. The minimum atomic E-state index is 0.486. The van der Waals surface area contributed by atoms with Crippen molar-refractivity contribution in [2.75, 3.05) is 0 Å². The van der Waals surface area contributed by atoms with Crippen LogP contribution >= 0.6 is 0 Å². The fraction of sp³-hybridized carbons (Fsp3) is 0. The second-order valence-corrected chi connectivity index (χ2v) is 15.9. The normalized spacial score (nSPS) is 12.2. The van der Waals surface area contributed by atoms with Crippen molar-refractivity contribution in [3.8, 4) is 39.9 Å². The zero-order chi connectivity index (χ0) is 40.5. The molecule has 0 bridgehead atoms. The zero-order valence-corrected chi connectivity index (χ0v) is 32.8. The first kappa shape index (κ1) is 33.3. The van der Waals surface area contributed by atoms with Gasteiger partial charge in [0.1, 0.15) is 33.5 Å². The highest BCUT2D eigenvalue weighted by Crippen LogP contribution is 2.44. The van der Waals surface area contributed by atoms with E-state index < -0.39 is 0 Å². The highest BCUT2D eigenvalue weighted by atomic mass is 16.3. The Balaban J connectivity index is 1.10. The van der Waals surface area contributed by atoms with Crippen molar-refractivity contribution in [1.29, 1.82) is 0 Å². The van der Waals surface area contributed by atoms with Crippen LogP contribution in [0.2, 0.25) is 0 Å². The Kier molecular flexibility index (Phi) is 6.71. The Morgan fingerprint density at radius 1 is 0.323 bits per heavy atom. The van der Waals surface area contributed by atoms with Crippen molar-refractivity contribution < 1.29 is 13.3 Å². The summed E-state index contributed by atoms with van der Waals surface area (Å²) in [6, 6.07) is 62.7. The summed E-state index contributed by atoms with van der Waals surface area (Å²) in [6.07, 6.45) is 0. The summed E-state index contributed by atoms with van der Waals surface area (Å²) in [5.74, 6) is 1.52. The monoisotopic (exact) mass is 794 g/mol. The van der Waals surface area contributed by atoms with E-state index in [2.05, 4.69) is 126 Å². The summed E-state index contributed by atoms with van der Waals surface area (Å²) in [6.45, 7) is 0. The van der Waals surface area contributed by atoms with Gasteiger partial charge >= 0.3 is 0 Å². The maximum Gasteiger partial charge on any atom is 0.238 e. The number of fused-ring (bicyclic) bond motifs is 14. The SMILES string of the molecule is c1ccc2c(c1)ccc1c3cccc(-c4cccc5c4oc4ccccc45)c3n(-c3nc(-c4ccc5c(c4)oc4ccccc45)nc(-c4ccc5c(c4)oc4ccccc45)n3)c21. The Bertz CT molecular complexity index is 4060. The zero-order valence-electron chi connectivity index (χ0n) is 32.8. The van der Waals surface area contributed by atoms with Gasteiger partial charge in [0.05, 0.1) is 11.0 Å². The van der Waals surface area contributed by atoms with Gasteiger partial charge in [0, 0.05) is 70.7 Å². The molecule has 7 nitrogen and oxygen atoms in total. The predicted octanol–water partition coefficient (Wildman–Crippen LogP) is 14.8. The quantitative estimate of drug-likeness (QED) is 0.176. The third kappa shape index (κ3) is 4.73. The van der Waals surface area contributed by atoms with Crippen LogP contribution in [0.4, 0.5) is 0 Å². The molecule has 5 heterocycles.